The van der Waals surface area contributed by atoms with E-state index in [-0.39, 0.29) is 50.9 Å². The molecule has 1 aromatic carbocycles. The highest BCUT2D eigenvalue weighted by Crippen LogP contribution is 2.19. The highest BCUT2D eigenvalue weighted by atomic mass is 16.6. The van der Waals surface area contributed by atoms with E-state index in [0.717, 1.165) is 6.08 Å². The van der Waals surface area contributed by atoms with Crippen molar-refractivity contribution in [2.75, 3.05) is 57.6 Å². The molecule has 194 valence electrons. The third kappa shape index (κ3) is 12.6. The first-order valence-corrected chi connectivity index (χ1v) is 10.8. The fourth-order valence-electron chi connectivity index (χ4n) is 2.57. The first kappa shape index (κ1) is 29.7. The maximum absolute atomic E-state index is 11.4. The molecular formula is C23H32N2O10. The van der Waals surface area contributed by atoms with Crippen LogP contribution in [0, 0.1) is 10.1 Å². The van der Waals surface area contributed by atoms with Crippen LogP contribution in [0.5, 0.6) is 0 Å². The maximum Gasteiger partial charge on any atom is 0.333 e. The molecule has 0 saturated carbocycles. The second kappa shape index (κ2) is 16.3. The van der Waals surface area contributed by atoms with E-state index in [1.165, 1.54) is 19.1 Å². The highest BCUT2D eigenvalue weighted by molar-refractivity contribution is 5.86. The molecular weight excluding hydrogens is 464 g/mol. The number of esters is 2. The summed E-state index contributed by atoms with van der Waals surface area (Å²) in [7, 11) is 0. The van der Waals surface area contributed by atoms with Crippen LogP contribution < -0.4 is 4.90 Å². The molecule has 0 aliphatic carbocycles. The number of hydrogen-bond donors (Lipinski definition) is 2. The Kier molecular flexibility index (Phi) is 13.9. The van der Waals surface area contributed by atoms with Crippen LogP contribution in [0.25, 0.3) is 0 Å². The molecule has 1 aromatic rings. The lowest BCUT2D eigenvalue weighted by Crippen LogP contribution is -2.33. The summed E-state index contributed by atoms with van der Waals surface area (Å²) in [5.41, 5.74) is 0.856. The van der Waals surface area contributed by atoms with Crippen LogP contribution in [0.3, 0.4) is 0 Å². The van der Waals surface area contributed by atoms with Crippen molar-refractivity contribution >= 4 is 23.3 Å². The molecule has 0 aromatic heterocycles. The molecule has 0 amide bonds. The molecule has 0 aliphatic rings. The summed E-state index contributed by atoms with van der Waals surface area (Å²) in [6.07, 6.45) is -1.02. The molecule has 0 saturated heterocycles. The topological polar surface area (TPSA) is 158 Å². The summed E-state index contributed by atoms with van der Waals surface area (Å²) in [6, 6.07) is 5.93. The van der Waals surface area contributed by atoms with Gasteiger partial charge in [-0.3, -0.25) is 10.1 Å². The van der Waals surface area contributed by atoms with Gasteiger partial charge >= 0.3 is 11.9 Å². The molecule has 0 aliphatic heterocycles. The molecule has 0 heterocycles. The number of aliphatic hydroxyl groups excluding tert-OH is 2. The van der Waals surface area contributed by atoms with Gasteiger partial charge in [-0.2, -0.15) is 0 Å². The van der Waals surface area contributed by atoms with Crippen LogP contribution in [0.1, 0.15) is 6.92 Å². The Morgan fingerprint density at radius 3 is 2.00 bits per heavy atom. The van der Waals surface area contributed by atoms with Gasteiger partial charge in [-0.25, -0.2) is 9.59 Å². The Bertz CT molecular complexity index is 843. The number of anilines is 1. The molecule has 1 rings (SSSR count). The van der Waals surface area contributed by atoms with E-state index < -0.39 is 29.1 Å². The van der Waals surface area contributed by atoms with E-state index in [9.17, 15) is 29.9 Å². The SMILES string of the molecule is C=CC(=O)OCC(O)COCCN(CCOCC(O)COC(=O)C(=C)C)c1ccc([N+](=O)[O-])cc1. The zero-order valence-corrected chi connectivity index (χ0v) is 19.7. The highest BCUT2D eigenvalue weighted by Gasteiger charge is 2.13. The van der Waals surface area contributed by atoms with E-state index in [0.29, 0.717) is 18.8 Å². The number of nitro groups is 1. The Morgan fingerprint density at radius 1 is 1.03 bits per heavy atom. The summed E-state index contributed by atoms with van der Waals surface area (Å²) in [5.74, 6) is -1.25. The number of nitrogens with zero attached hydrogens (tertiary/aromatic N) is 2. The lowest BCUT2D eigenvalue weighted by atomic mass is 10.2. The fourth-order valence-corrected chi connectivity index (χ4v) is 2.57. The third-order valence-corrected chi connectivity index (χ3v) is 4.40. The van der Waals surface area contributed by atoms with Crippen molar-refractivity contribution in [3.05, 3.63) is 59.2 Å². The second-order valence-corrected chi connectivity index (χ2v) is 7.43. The standard InChI is InChI=1S/C23H32N2O10/c1-4-22(28)34-15-20(26)13-32-11-9-24(18-5-7-19(8-6-18)25(30)31)10-12-33-14-21(27)16-35-23(29)17(2)3/h4-8,20-21,26-27H,1-2,9-16H2,3H3. The van der Waals surface area contributed by atoms with Crippen molar-refractivity contribution < 1.29 is 43.7 Å². The van der Waals surface area contributed by atoms with Gasteiger partial charge < -0.3 is 34.1 Å². The van der Waals surface area contributed by atoms with Gasteiger partial charge in [-0.15, -0.1) is 0 Å². The predicted molar refractivity (Wildman–Crippen MR) is 126 cm³/mol. The number of aliphatic hydroxyl groups is 2. The summed E-state index contributed by atoms with van der Waals surface area (Å²) >= 11 is 0. The molecule has 12 heteroatoms. The second-order valence-electron chi connectivity index (χ2n) is 7.43. The Morgan fingerprint density at radius 2 is 1.54 bits per heavy atom. The summed E-state index contributed by atoms with van der Waals surface area (Å²) < 4.78 is 20.5. The van der Waals surface area contributed by atoms with Gasteiger partial charge in [0, 0.05) is 42.6 Å². The number of rotatable bonds is 18. The van der Waals surface area contributed by atoms with Gasteiger partial charge in [-0.05, 0) is 19.1 Å². The predicted octanol–water partition coefficient (Wildman–Crippen LogP) is 1.00. The van der Waals surface area contributed by atoms with Crippen molar-refractivity contribution in [3.63, 3.8) is 0 Å². The summed E-state index contributed by atoms with van der Waals surface area (Å²) in [5, 5.41) is 30.6. The first-order valence-electron chi connectivity index (χ1n) is 10.8. The largest absolute Gasteiger partial charge is 0.460 e. The monoisotopic (exact) mass is 496 g/mol. The molecule has 12 nitrogen and oxygen atoms in total. The molecule has 0 bridgehead atoms. The summed E-state index contributed by atoms with van der Waals surface area (Å²) in [4.78, 5) is 34.6. The molecule has 35 heavy (non-hydrogen) atoms. The smallest absolute Gasteiger partial charge is 0.333 e. The minimum absolute atomic E-state index is 0.0502. The number of non-ortho nitro benzene ring substituents is 1. The number of nitro benzene ring substituents is 1. The van der Waals surface area contributed by atoms with Gasteiger partial charge in [0.05, 0.1) is 31.4 Å². The normalized spacial score (nSPS) is 12.3. The van der Waals surface area contributed by atoms with Crippen LogP contribution in [-0.2, 0) is 28.5 Å². The average molecular weight is 497 g/mol. The number of carbonyl (C=O) groups is 2. The zero-order chi connectivity index (χ0) is 26.2. The van der Waals surface area contributed by atoms with Crippen LogP contribution in [-0.4, -0.2) is 92.0 Å². The lowest BCUT2D eigenvalue weighted by molar-refractivity contribution is -0.384. The van der Waals surface area contributed by atoms with E-state index in [1.54, 1.807) is 12.1 Å². The molecule has 0 radical (unpaired) electrons. The van der Waals surface area contributed by atoms with Gasteiger partial charge in [0.15, 0.2) is 0 Å². The molecule has 2 unspecified atom stereocenters. The maximum atomic E-state index is 11.4. The van der Waals surface area contributed by atoms with Crippen molar-refractivity contribution in [1.29, 1.82) is 0 Å². The number of benzene rings is 1. The molecule has 0 fully saturated rings. The number of carbonyl (C=O) groups excluding carboxylic acids is 2. The Hall–Kier alpha value is -3.32. The van der Waals surface area contributed by atoms with Gasteiger partial charge in [0.2, 0.25) is 0 Å². The number of hydrogen-bond acceptors (Lipinski definition) is 11. The van der Waals surface area contributed by atoms with Gasteiger partial charge in [-0.1, -0.05) is 13.2 Å². The fraction of sp³-hybridized carbons (Fsp3) is 0.478. The lowest BCUT2D eigenvalue weighted by Gasteiger charge is -2.25. The average Bonchev–Trinajstić information content (AvgIpc) is 2.84. The van der Waals surface area contributed by atoms with Crippen LogP contribution >= 0.6 is 0 Å². The van der Waals surface area contributed by atoms with E-state index in [2.05, 4.69) is 13.2 Å². The molecule has 2 N–H and O–H groups in total. The van der Waals surface area contributed by atoms with Crippen LogP contribution in [0.2, 0.25) is 0 Å². The van der Waals surface area contributed by atoms with Crippen molar-refractivity contribution in [1.82, 2.24) is 0 Å². The van der Waals surface area contributed by atoms with Crippen molar-refractivity contribution in [3.8, 4) is 0 Å². The third-order valence-electron chi connectivity index (χ3n) is 4.40. The Labute approximate surface area is 203 Å². The van der Waals surface area contributed by atoms with E-state index in [4.69, 9.17) is 18.9 Å². The first-order chi connectivity index (χ1) is 16.6. The van der Waals surface area contributed by atoms with E-state index in [1.807, 2.05) is 4.90 Å². The zero-order valence-electron chi connectivity index (χ0n) is 19.7. The van der Waals surface area contributed by atoms with Crippen LogP contribution in [0.15, 0.2) is 49.1 Å². The minimum atomic E-state index is -1.01. The van der Waals surface area contributed by atoms with E-state index >= 15 is 0 Å². The minimum Gasteiger partial charge on any atom is -0.460 e. The van der Waals surface area contributed by atoms with Crippen molar-refractivity contribution in [2.24, 2.45) is 0 Å². The Balaban J connectivity index is 2.53. The van der Waals surface area contributed by atoms with Crippen molar-refractivity contribution in [2.45, 2.75) is 19.1 Å². The van der Waals surface area contributed by atoms with Gasteiger partial charge in [0.1, 0.15) is 25.4 Å². The quantitative estimate of drug-likeness (QED) is 0.0982. The summed E-state index contributed by atoms with van der Waals surface area (Å²) in [6.45, 7) is 8.75. The van der Waals surface area contributed by atoms with Crippen LogP contribution in [0.4, 0.5) is 11.4 Å². The van der Waals surface area contributed by atoms with Gasteiger partial charge in [0.25, 0.3) is 5.69 Å². The molecule has 2 atom stereocenters. The molecule has 0 spiro atoms. The number of ether oxygens (including phenoxy) is 4.